The van der Waals surface area contributed by atoms with Gasteiger partial charge >= 0.3 is 12.1 Å². The SMILES string of the molecule is Cc1ccc(CN(CC(=O)O)C(=O)OCC2c3ccccc3-c3ccccc32)cc1. The van der Waals surface area contributed by atoms with Crippen molar-refractivity contribution >= 4 is 12.1 Å². The molecule has 152 valence electrons. The Morgan fingerprint density at radius 1 is 0.900 bits per heavy atom. The zero-order chi connectivity index (χ0) is 21.1. The lowest BCUT2D eigenvalue weighted by Crippen LogP contribution is -2.36. The first kappa shape index (κ1) is 19.7. The Morgan fingerprint density at radius 2 is 1.47 bits per heavy atom. The maximum atomic E-state index is 12.8. The van der Waals surface area contributed by atoms with Crippen LogP contribution in [0.2, 0.25) is 0 Å². The minimum absolute atomic E-state index is 0.0626. The van der Waals surface area contributed by atoms with Gasteiger partial charge in [0.1, 0.15) is 13.2 Å². The summed E-state index contributed by atoms with van der Waals surface area (Å²) in [6, 6.07) is 23.9. The van der Waals surface area contributed by atoms with Crippen LogP contribution in [-0.4, -0.2) is 35.2 Å². The third kappa shape index (κ3) is 4.06. The van der Waals surface area contributed by atoms with Crippen molar-refractivity contribution in [2.24, 2.45) is 0 Å². The highest BCUT2D eigenvalue weighted by molar-refractivity contribution is 5.79. The van der Waals surface area contributed by atoms with Crippen LogP contribution in [-0.2, 0) is 16.1 Å². The molecule has 3 aromatic rings. The average Bonchev–Trinajstić information content (AvgIpc) is 3.07. The van der Waals surface area contributed by atoms with Gasteiger partial charge in [-0.25, -0.2) is 4.79 Å². The fraction of sp³-hybridized carbons (Fsp3) is 0.200. The molecule has 0 spiro atoms. The summed E-state index contributed by atoms with van der Waals surface area (Å²) in [5.74, 6) is -1.14. The number of nitrogens with zero attached hydrogens (tertiary/aromatic N) is 1. The van der Waals surface area contributed by atoms with Crippen LogP contribution < -0.4 is 0 Å². The number of benzene rings is 3. The van der Waals surface area contributed by atoms with E-state index < -0.39 is 18.6 Å². The Hall–Kier alpha value is -3.60. The van der Waals surface area contributed by atoms with Crippen LogP contribution in [0.1, 0.15) is 28.2 Å². The molecule has 0 fully saturated rings. The number of fused-ring (bicyclic) bond motifs is 3. The van der Waals surface area contributed by atoms with Gasteiger partial charge in [-0.3, -0.25) is 9.69 Å². The van der Waals surface area contributed by atoms with Crippen LogP contribution in [0, 0.1) is 6.92 Å². The van der Waals surface area contributed by atoms with Gasteiger partial charge in [-0.1, -0.05) is 78.4 Å². The number of carbonyl (C=O) groups is 2. The molecule has 0 aliphatic heterocycles. The molecule has 0 saturated heterocycles. The number of carbonyl (C=O) groups excluding carboxylic acids is 1. The molecule has 1 aliphatic carbocycles. The van der Waals surface area contributed by atoms with Crippen LogP contribution in [0.25, 0.3) is 11.1 Å². The van der Waals surface area contributed by atoms with Crippen LogP contribution in [0.15, 0.2) is 72.8 Å². The Labute approximate surface area is 175 Å². The number of carboxylic acid groups (broad SMARTS) is 1. The summed E-state index contributed by atoms with van der Waals surface area (Å²) in [6.45, 7) is 1.91. The molecule has 30 heavy (non-hydrogen) atoms. The van der Waals surface area contributed by atoms with E-state index >= 15 is 0 Å². The number of hydrogen-bond acceptors (Lipinski definition) is 3. The van der Waals surface area contributed by atoms with Gasteiger partial charge in [0.2, 0.25) is 0 Å². The number of ether oxygens (including phenoxy) is 1. The van der Waals surface area contributed by atoms with Crippen molar-refractivity contribution in [3.8, 4) is 11.1 Å². The van der Waals surface area contributed by atoms with Gasteiger partial charge in [-0.15, -0.1) is 0 Å². The first-order chi connectivity index (χ1) is 14.5. The lowest BCUT2D eigenvalue weighted by molar-refractivity contribution is -0.138. The monoisotopic (exact) mass is 401 g/mol. The normalized spacial score (nSPS) is 12.2. The molecule has 0 atom stereocenters. The van der Waals surface area contributed by atoms with Gasteiger partial charge in [0.05, 0.1) is 0 Å². The van der Waals surface area contributed by atoms with Crippen molar-refractivity contribution in [1.82, 2.24) is 4.90 Å². The molecule has 5 heteroatoms. The molecule has 3 aromatic carbocycles. The first-order valence-corrected chi connectivity index (χ1v) is 9.90. The Kier molecular flexibility index (Phi) is 5.53. The predicted octanol–water partition coefficient (Wildman–Crippen LogP) is 4.83. The van der Waals surface area contributed by atoms with Crippen molar-refractivity contribution in [2.45, 2.75) is 19.4 Å². The highest BCUT2D eigenvalue weighted by Gasteiger charge is 2.30. The van der Waals surface area contributed by atoms with Crippen molar-refractivity contribution in [3.05, 3.63) is 95.1 Å². The lowest BCUT2D eigenvalue weighted by atomic mass is 9.98. The summed E-state index contributed by atoms with van der Waals surface area (Å²) in [5, 5.41) is 9.25. The third-order valence-corrected chi connectivity index (χ3v) is 5.41. The summed E-state index contributed by atoms with van der Waals surface area (Å²) < 4.78 is 5.62. The van der Waals surface area contributed by atoms with Crippen molar-refractivity contribution in [3.63, 3.8) is 0 Å². The maximum Gasteiger partial charge on any atom is 0.410 e. The second-order valence-corrected chi connectivity index (χ2v) is 7.54. The summed E-state index contributed by atoms with van der Waals surface area (Å²) in [4.78, 5) is 25.3. The number of hydrogen-bond donors (Lipinski definition) is 1. The minimum Gasteiger partial charge on any atom is -0.480 e. The van der Waals surface area contributed by atoms with Gasteiger partial charge < -0.3 is 9.84 Å². The van der Waals surface area contributed by atoms with E-state index in [4.69, 9.17) is 4.74 Å². The molecule has 0 unspecified atom stereocenters. The van der Waals surface area contributed by atoms with Gasteiger partial charge in [-0.05, 0) is 34.7 Å². The van der Waals surface area contributed by atoms with Crippen LogP contribution in [0.4, 0.5) is 4.79 Å². The second-order valence-electron chi connectivity index (χ2n) is 7.54. The molecular weight excluding hydrogens is 378 g/mol. The Morgan fingerprint density at radius 3 is 2.03 bits per heavy atom. The molecule has 1 amide bonds. The number of rotatable bonds is 6. The largest absolute Gasteiger partial charge is 0.480 e. The van der Waals surface area contributed by atoms with Crippen molar-refractivity contribution in [1.29, 1.82) is 0 Å². The number of carboxylic acids is 1. The molecule has 0 bridgehead atoms. The van der Waals surface area contributed by atoms with E-state index in [-0.39, 0.29) is 19.1 Å². The van der Waals surface area contributed by atoms with Crippen LogP contribution >= 0.6 is 0 Å². The second kappa shape index (κ2) is 8.41. The zero-order valence-corrected chi connectivity index (χ0v) is 16.7. The summed E-state index contributed by atoms with van der Waals surface area (Å²) in [6.07, 6.45) is -0.625. The van der Waals surface area contributed by atoms with E-state index in [0.29, 0.717) is 0 Å². The molecule has 0 heterocycles. The molecule has 4 rings (SSSR count). The Bertz CT molecular complexity index is 1030. The van der Waals surface area contributed by atoms with Gasteiger partial charge in [0.25, 0.3) is 0 Å². The first-order valence-electron chi connectivity index (χ1n) is 9.90. The molecular formula is C25H23NO4. The van der Waals surface area contributed by atoms with Gasteiger partial charge in [-0.2, -0.15) is 0 Å². The number of amides is 1. The van der Waals surface area contributed by atoms with Crippen LogP contribution in [0.5, 0.6) is 0 Å². The highest BCUT2D eigenvalue weighted by atomic mass is 16.6. The van der Waals surface area contributed by atoms with Crippen LogP contribution in [0.3, 0.4) is 0 Å². The third-order valence-electron chi connectivity index (χ3n) is 5.41. The van der Waals surface area contributed by atoms with Crippen molar-refractivity contribution < 1.29 is 19.4 Å². The Balaban J connectivity index is 1.50. The van der Waals surface area contributed by atoms with E-state index in [1.54, 1.807) is 0 Å². The summed E-state index contributed by atoms with van der Waals surface area (Å²) in [7, 11) is 0. The summed E-state index contributed by atoms with van der Waals surface area (Å²) in [5.41, 5.74) is 6.50. The molecule has 0 saturated carbocycles. The fourth-order valence-electron chi connectivity index (χ4n) is 3.95. The van der Waals surface area contributed by atoms with E-state index in [1.165, 1.54) is 4.90 Å². The maximum absolute atomic E-state index is 12.8. The van der Waals surface area contributed by atoms with Gasteiger partial charge in [0, 0.05) is 12.5 Å². The highest BCUT2D eigenvalue weighted by Crippen LogP contribution is 2.44. The van der Waals surface area contributed by atoms with Crippen molar-refractivity contribution in [2.75, 3.05) is 13.2 Å². The standard InChI is InChI=1S/C25H23NO4/c1-17-10-12-18(13-11-17)14-26(15-24(27)28)25(29)30-16-23-21-8-4-2-6-19(21)20-7-3-5-9-22(20)23/h2-13,23H,14-16H2,1H3,(H,27,28). The van der Waals surface area contributed by atoms with E-state index in [0.717, 1.165) is 33.4 Å². The number of aryl methyl sites for hydroxylation is 1. The van der Waals surface area contributed by atoms with E-state index in [1.807, 2.05) is 55.5 Å². The molecule has 1 N–H and O–H groups in total. The zero-order valence-electron chi connectivity index (χ0n) is 16.7. The average molecular weight is 401 g/mol. The predicted molar refractivity (Wildman–Crippen MR) is 114 cm³/mol. The topological polar surface area (TPSA) is 66.8 Å². The molecule has 0 aromatic heterocycles. The lowest BCUT2D eigenvalue weighted by Gasteiger charge is -2.22. The number of aliphatic carboxylic acids is 1. The molecule has 0 radical (unpaired) electrons. The smallest absolute Gasteiger partial charge is 0.410 e. The van der Waals surface area contributed by atoms with E-state index in [2.05, 4.69) is 24.3 Å². The molecule has 5 nitrogen and oxygen atoms in total. The van der Waals surface area contributed by atoms with E-state index in [9.17, 15) is 14.7 Å². The molecule has 1 aliphatic rings. The minimum atomic E-state index is -1.07. The quantitative estimate of drug-likeness (QED) is 0.642. The summed E-state index contributed by atoms with van der Waals surface area (Å²) >= 11 is 0. The fourth-order valence-corrected chi connectivity index (χ4v) is 3.95. The van der Waals surface area contributed by atoms with Gasteiger partial charge in [0.15, 0.2) is 0 Å².